The summed E-state index contributed by atoms with van der Waals surface area (Å²) < 4.78 is 377. The number of halogens is 26. The number of ether oxygens (including phenoxy) is 2. The fraction of sp³-hybridized carbons (Fsp3) is 0.950. The van der Waals surface area contributed by atoms with E-state index in [1.54, 1.807) is 21.1 Å². The average Bonchev–Trinajstić information content (AvgIpc) is 3.24. The maximum atomic E-state index is 14.0. The van der Waals surface area contributed by atoms with Gasteiger partial charge in [-0.1, -0.05) is 64.2 Å². The van der Waals surface area contributed by atoms with Gasteiger partial charge < -0.3 is 27.9 Å². The summed E-state index contributed by atoms with van der Waals surface area (Å²) in [6.45, 7) is -2.00. The monoisotopic (exact) mass is 1200 g/mol. The number of phosphoric ester groups is 1. The lowest BCUT2D eigenvalue weighted by Crippen LogP contribution is -2.70. The van der Waals surface area contributed by atoms with Gasteiger partial charge in [0.2, 0.25) is 0 Å². The molecule has 0 aliphatic rings. The molecule has 0 amide bonds. The number of hydrogen-bond acceptors (Lipinski definition) is 8. The van der Waals surface area contributed by atoms with Crippen molar-refractivity contribution < 1.29 is 156 Å². The Bertz CT molecular complexity index is 1840. The lowest BCUT2D eigenvalue weighted by molar-refractivity contribution is -0.870. The van der Waals surface area contributed by atoms with Crippen LogP contribution in [0.1, 0.15) is 116 Å². The van der Waals surface area contributed by atoms with E-state index in [2.05, 4.69) is 0 Å². The average molecular weight is 1200 g/mol. The Balaban J connectivity index is 5.12. The summed E-state index contributed by atoms with van der Waals surface area (Å²) in [5, 5.41) is 0. The summed E-state index contributed by atoms with van der Waals surface area (Å²) >= 11 is 0. The molecule has 76 heavy (non-hydrogen) atoms. The highest BCUT2D eigenvalue weighted by molar-refractivity contribution is 7.45. The molecular formula is C40H54F26NO8P. The zero-order valence-electron chi connectivity index (χ0n) is 40.1. The van der Waals surface area contributed by atoms with Crippen LogP contribution < -0.4 is 4.89 Å². The van der Waals surface area contributed by atoms with Crippen LogP contribution in [-0.2, 0) is 32.7 Å². The van der Waals surface area contributed by atoms with Crippen LogP contribution in [0.15, 0.2) is 0 Å². The first-order valence-corrected chi connectivity index (χ1v) is 23.9. The van der Waals surface area contributed by atoms with Gasteiger partial charge in [-0.05, 0) is 25.7 Å². The number of carbonyl (C=O) groups excluding carboxylic acids is 2. The van der Waals surface area contributed by atoms with Crippen LogP contribution in [0.3, 0.4) is 0 Å². The Hall–Kier alpha value is -2.81. The molecular weight excluding hydrogens is 1150 g/mol. The zero-order chi connectivity index (χ0) is 60.1. The van der Waals surface area contributed by atoms with E-state index >= 15 is 0 Å². The van der Waals surface area contributed by atoms with Crippen molar-refractivity contribution in [3.8, 4) is 0 Å². The minimum Gasteiger partial charge on any atom is -0.756 e. The molecule has 0 N–H and O–H groups in total. The standard InChI is InChI=1S/C40H54F26NO8P/c1-67(2,3)22-23-73-76(70,71)74-25-26(75-28(69)19-15-11-7-5-9-13-17-21-30(43,44)32(47,48)34(51,52)36(55,56)38(59,60)40(64,65)66)24-72-27(68)18-14-10-6-4-8-12-16-20-29(41,42)31(45,46)33(49,50)35(53,54)37(57,58)39(61,62)63/h26H,4-25H2,1-3H3/t26-/m1/s1. The van der Waals surface area contributed by atoms with Gasteiger partial charge in [0, 0.05) is 25.7 Å². The van der Waals surface area contributed by atoms with Crippen LogP contribution in [0, 0.1) is 0 Å². The molecule has 0 saturated heterocycles. The predicted molar refractivity (Wildman–Crippen MR) is 208 cm³/mol. The third-order valence-corrected chi connectivity index (χ3v) is 11.9. The first-order chi connectivity index (χ1) is 33.8. The Morgan fingerprint density at radius 1 is 0.421 bits per heavy atom. The Morgan fingerprint density at radius 3 is 1.05 bits per heavy atom. The van der Waals surface area contributed by atoms with Crippen molar-refractivity contribution in [3.05, 3.63) is 0 Å². The topological polar surface area (TPSA) is 111 Å². The largest absolute Gasteiger partial charge is 0.756 e. The van der Waals surface area contributed by atoms with Crippen molar-refractivity contribution in [2.24, 2.45) is 0 Å². The van der Waals surface area contributed by atoms with Crippen molar-refractivity contribution in [2.75, 3.05) is 47.5 Å². The molecule has 2 atom stereocenters. The van der Waals surface area contributed by atoms with E-state index in [4.69, 9.17) is 18.5 Å². The zero-order valence-corrected chi connectivity index (χ0v) is 41.0. The number of rotatable bonds is 38. The lowest BCUT2D eigenvalue weighted by Gasteiger charge is -2.39. The molecule has 0 aliphatic carbocycles. The number of likely N-dealkylation sites (N-methyl/N-ethyl adjacent to an activating group) is 1. The Labute approximate surface area is 416 Å². The second-order valence-electron chi connectivity index (χ2n) is 18.3. The van der Waals surface area contributed by atoms with Crippen molar-refractivity contribution in [1.29, 1.82) is 0 Å². The number of phosphoric acid groups is 1. The molecule has 0 aliphatic heterocycles. The maximum Gasteiger partial charge on any atom is 0.460 e. The number of carbonyl (C=O) groups is 2. The molecule has 0 fully saturated rings. The second kappa shape index (κ2) is 27.1. The molecule has 0 aromatic heterocycles. The number of unbranched alkanes of at least 4 members (excludes halogenated alkanes) is 12. The van der Waals surface area contributed by atoms with Crippen molar-refractivity contribution in [2.45, 2.75) is 193 Å². The predicted octanol–water partition coefficient (Wildman–Crippen LogP) is 14.1. The van der Waals surface area contributed by atoms with Crippen LogP contribution in [0.5, 0.6) is 0 Å². The summed E-state index contributed by atoms with van der Waals surface area (Å²) in [6, 6.07) is 0. The lowest BCUT2D eigenvalue weighted by atomic mass is 9.91. The minimum atomic E-state index is -8.01. The first kappa shape index (κ1) is 73.2. The molecule has 0 radical (unpaired) electrons. The smallest absolute Gasteiger partial charge is 0.460 e. The molecule has 454 valence electrons. The molecule has 0 saturated carbocycles. The molecule has 0 aromatic rings. The van der Waals surface area contributed by atoms with E-state index < -0.39 is 156 Å². The van der Waals surface area contributed by atoms with Crippen LogP contribution in [-0.4, -0.2) is 142 Å². The minimum absolute atomic E-state index is 0.0164. The molecule has 9 nitrogen and oxygen atoms in total. The highest BCUT2D eigenvalue weighted by Crippen LogP contribution is 2.62. The first-order valence-electron chi connectivity index (χ1n) is 22.5. The van der Waals surface area contributed by atoms with E-state index in [1.165, 1.54) is 0 Å². The van der Waals surface area contributed by atoms with Gasteiger partial charge in [0.25, 0.3) is 7.82 Å². The van der Waals surface area contributed by atoms with E-state index in [9.17, 15) is 133 Å². The van der Waals surface area contributed by atoms with Crippen molar-refractivity contribution in [1.82, 2.24) is 0 Å². The van der Waals surface area contributed by atoms with Crippen LogP contribution in [0.25, 0.3) is 0 Å². The molecule has 0 heterocycles. The summed E-state index contributed by atoms with van der Waals surface area (Å²) in [5.74, 6) is -76.6. The quantitative estimate of drug-likeness (QED) is 0.0198. The molecule has 0 spiro atoms. The number of alkyl halides is 26. The summed E-state index contributed by atoms with van der Waals surface area (Å²) in [5.41, 5.74) is 0. The van der Waals surface area contributed by atoms with E-state index in [0.717, 1.165) is 0 Å². The summed E-state index contributed by atoms with van der Waals surface area (Å²) in [6.07, 6.45) is -24.9. The molecule has 0 rings (SSSR count). The third kappa shape index (κ3) is 18.9. The summed E-state index contributed by atoms with van der Waals surface area (Å²) in [7, 11) is -0.0105. The molecule has 0 aromatic carbocycles. The van der Waals surface area contributed by atoms with E-state index in [-0.39, 0.29) is 88.3 Å². The van der Waals surface area contributed by atoms with E-state index in [0.29, 0.717) is 0 Å². The van der Waals surface area contributed by atoms with Gasteiger partial charge >= 0.3 is 83.5 Å². The van der Waals surface area contributed by atoms with Gasteiger partial charge in [0.15, 0.2) is 6.10 Å². The van der Waals surface area contributed by atoms with Gasteiger partial charge in [-0.15, -0.1) is 0 Å². The number of esters is 2. The van der Waals surface area contributed by atoms with Crippen molar-refractivity contribution in [3.63, 3.8) is 0 Å². The fourth-order valence-corrected chi connectivity index (χ4v) is 6.90. The van der Waals surface area contributed by atoms with Crippen molar-refractivity contribution >= 4 is 19.8 Å². The SMILES string of the molecule is C[N+](C)(C)CCOP(=O)([O-])OC[C@@H](COC(=O)CCCCCCCCCC(F)(F)C(F)(F)C(F)(F)C(F)(F)C(F)(F)C(F)(F)F)OC(=O)CCCCCCCCCC(F)(F)C(F)(F)C(F)(F)C(F)(F)C(F)(F)C(F)(F)F. The number of hydrogen-bond donors (Lipinski definition) is 0. The normalized spacial score (nSPS) is 15.9. The van der Waals surface area contributed by atoms with Gasteiger partial charge in [0.05, 0.1) is 27.7 Å². The van der Waals surface area contributed by atoms with Gasteiger partial charge in [-0.2, -0.15) is 114 Å². The Morgan fingerprint density at radius 2 is 0.724 bits per heavy atom. The van der Waals surface area contributed by atoms with Crippen LogP contribution in [0.2, 0.25) is 0 Å². The van der Waals surface area contributed by atoms with E-state index in [1.807, 2.05) is 0 Å². The summed E-state index contributed by atoms with van der Waals surface area (Å²) in [4.78, 5) is 37.2. The molecule has 1 unspecified atom stereocenters. The number of quaternary nitrogens is 1. The molecule has 36 heteroatoms. The van der Waals surface area contributed by atoms with Crippen LogP contribution >= 0.6 is 7.82 Å². The number of nitrogens with zero attached hydrogens (tertiary/aromatic N) is 1. The van der Waals surface area contributed by atoms with Gasteiger partial charge in [-0.25, -0.2) is 0 Å². The van der Waals surface area contributed by atoms with Gasteiger partial charge in [0.1, 0.15) is 19.8 Å². The fourth-order valence-electron chi connectivity index (χ4n) is 6.18. The van der Waals surface area contributed by atoms with Gasteiger partial charge in [-0.3, -0.25) is 14.2 Å². The second-order valence-corrected chi connectivity index (χ2v) is 19.7. The highest BCUT2D eigenvalue weighted by Gasteiger charge is 2.92. The molecule has 0 bridgehead atoms. The third-order valence-electron chi connectivity index (χ3n) is 10.9. The maximum absolute atomic E-state index is 14.0. The highest BCUT2D eigenvalue weighted by atomic mass is 31.2. The van der Waals surface area contributed by atoms with Crippen LogP contribution in [0.4, 0.5) is 114 Å². The Kier molecular flexibility index (Phi) is 26.1.